The van der Waals surface area contributed by atoms with E-state index in [0.717, 1.165) is 29.8 Å². The number of rotatable bonds is 5. The van der Waals surface area contributed by atoms with Gasteiger partial charge in [-0.05, 0) is 37.0 Å². The molecule has 0 aliphatic heterocycles. The van der Waals surface area contributed by atoms with Crippen molar-refractivity contribution in [3.63, 3.8) is 0 Å². The van der Waals surface area contributed by atoms with Crippen molar-refractivity contribution in [1.82, 2.24) is 5.32 Å². The molecule has 1 amide bonds. The maximum atomic E-state index is 11.7. The molecule has 4 heteroatoms. The van der Waals surface area contributed by atoms with Crippen molar-refractivity contribution in [1.29, 1.82) is 0 Å². The molecule has 1 aliphatic carbocycles. The Balaban J connectivity index is 1.76. The molecule has 1 aromatic rings. The quantitative estimate of drug-likeness (QED) is 0.840. The van der Waals surface area contributed by atoms with E-state index in [1.54, 1.807) is 0 Å². The number of benzene rings is 1. The summed E-state index contributed by atoms with van der Waals surface area (Å²) in [5.74, 6) is -0.0195. The molecule has 0 saturated heterocycles. The molecule has 1 aliphatic rings. The van der Waals surface area contributed by atoms with E-state index in [1.165, 1.54) is 0 Å². The van der Waals surface area contributed by atoms with Gasteiger partial charge in [0.25, 0.3) is 0 Å². The molecule has 1 aromatic carbocycles. The Kier molecular flexibility index (Phi) is 3.69. The fourth-order valence-electron chi connectivity index (χ4n) is 1.77. The number of hydrogen-bond acceptors (Lipinski definition) is 2. The number of carbonyl (C=O) groups excluding carboxylic acids is 1. The zero-order valence-electron chi connectivity index (χ0n) is 9.58. The van der Waals surface area contributed by atoms with Gasteiger partial charge in [-0.1, -0.05) is 23.7 Å². The van der Waals surface area contributed by atoms with E-state index in [-0.39, 0.29) is 12.5 Å². The molecule has 2 rings (SSSR count). The predicted molar refractivity (Wildman–Crippen MR) is 66.9 cm³/mol. The lowest BCUT2D eigenvalue weighted by Gasteiger charge is -2.12. The molecule has 0 aromatic heterocycles. The van der Waals surface area contributed by atoms with Gasteiger partial charge in [-0.25, -0.2) is 0 Å². The second-order valence-electron chi connectivity index (χ2n) is 4.57. The van der Waals surface area contributed by atoms with Crippen LogP contribution in [0.25, 0.3) is 0 Å². The lowest BCUT2D eigenvalue weighted by atomic mass is 10.1. The van der Waals surface area contributed by atoms with Crippen LogP contribution in [0.3, 0.4) is 0 Å². The van der Waals surface area contributed by atoms with Crippen LogP contribution in [-0.4, -0.2) is 24.2 Å². The lowest BCUT2D eigenvalue weighted by molar-refractivity contribution is -0.127. The maximum absolute atomic E-state index is 11.7. The van der Waals surface area contributed by atoms with Gasteiger partial charge in [-0.15, -0.1) is 0 Å². The smallest absolute Gasteiger partial charge is 0.228 e. The van der Waals surface area contributed by atoms with Gasteiger partial charge in [0.05, 0.1) is 12.0 Å². The number of nitrogens with one attached hydrogen (secondary N) is 1. The van der Waals surface area contributed by atoms with E-state index < -0.39 is 5.41 Å². The topological polar surface area (TPSA) is 49.3 Å². The number of aliphatic hydroxyl groups is 1. The number of halogens is 1. The fourth-order valence-corrected chi connectivity index (χ4v) is 1.89. The molecule has 17 heavy (non-hydrogen) atoms. The summed E-state index contributed by atoms with van der Waals surface area (Å²) in [5.41, 5.74) is 0.670. The number of aliphatic hydroxyl groups excluding tert-OH is 1. The Hall–Kier alpha value is -1.06. The summed E-state index contributed by atoms with van der Waals surface area (Å²) in [4.78, 5) is 11.7. The molecule has 3 nitrogen and oxygen atoms in total. The van der Waals surface area contributed by atoms with Gasteiger partial charge < -0.3 is 10.4 Å². The first-order valence-corrected chi connectivity index (χ1v) is 6.18. The SMILES string of the molecule is O=C(NCCc1ccc(Cl)cc1)C1(CO)CC1. The molecule has 0 spiro atoms. The van der Waals surface area contributed by atoms with Crippen LogP contribution in [-0.2, 0) is 11.2 Å². The second kappa shape index (κ2) is 5.07. The standard InChI is InChI=1S/C13H16ClNO2/c14-11-3-1-10(2-4-11)5-8-15-12(17)13(9-16)6-7-13/h1-4,16H,5-9H2,(H,15,17). The van der Waals surface area contributed by atoms with Gasteiger partial charge in [-0.3, -0.25) is 4.79 Å². The summed E-state index contributed by atoms with van der Waals surface area (Å²) in [5, 5.41) is 12.7. The first-order valence-electron chi connectivity index (χ1n) is 5.80. The Morgan fingerprint density at radius 1 is 1.35 bits per heavy atom. The van der Waals surface area contributed by atoms with Crippen molar-refractivity contribution < 1.29 is 9.90 Å². The minimum absolute atomic E-state index is 0.0195. The van der Waals surface area contributed by atoms with Gasteiger partial charge >= 0.3 is 0 Å². The highest BCUT2D eigenvalue weighted by atomic mass is 35.5. The largest absolute Gasteiger partial charge is 0.395 e. The van der Waals surface area contributed by atoms with E-state index in [4.69, 9.17) is 16.7 Å². The predicted octanol–water partition coefficient (Wildman–Crippen LogP) is 1.77. The highest BCUT2D eigenvalue weighted by molar-refractivity contribution is 6.30. The van der Waals surface area contributed by atoms with Crippen LogP contribution in [0.2, 0.25) is 5.02 Å². The summed E-state index contributed by atoms with van der Waals surface area (Å²) in [7, 11) is 0. The molecule has 92 valence electrons. The minimum Gasteiger partial charge on any atom is -0.395 e. The van der Waals surface area contributed by atoms with Gasteiger partial charge in [0.2, 0.25) is 5.91 Å². The van der Waals surface area contributed by atoms with Gasteiger partial charge in [0.15, 0.2) is 0 Å². The van der Waals surface area contributed by atoms with Crippen LogP contribution in [0.15, 0.2) is 24.3 Å². The molecular weight excluding hydrogens is 238 g/mol. The molecule has 2 N–H and O–H groups in total. The molecular formula is C13H16ClNO2. The van der Waals surface area contributed by atoms with E-state index >= 15 is 0 Å². The zero-order valence-corrected chi connectivity index (χ0v) is 10.3. The average molecular weight is 254 g/mol. The normalized spacial score (nSPS) is 16.6. The summed E-state index contributed by atoms with van der Waals surface area (Å²) in [6.45, 7) is 0.558. The maximum Gasteiger partial charge on any atom is 0.228 e. The van der Waals surface area contributed by atoms with Crippen molar-refractivity contribution in [2.24, 2.45) is 5.41 Å². The third kappa shape index (κ3) is 2.99. The first kappa shape index (κ1) is 12.4. The molecule has 0 atom stereocenters. The molecule has 1 saturated carbocycles. The molecule has 0 radical (unpaired) electrons. The molecule has 1 fully saturated rings. The highest BCUT2D eigenvalue weighted by Crippen LogP contribution is 2.45. The molecule has 0 unspecified atom stereocenters. The van der Waals surface area contributed by atoms with E-state index in [9.17, 15) is 4.79 Å². The molecule has 0 bridgehead atoms. The van der Waals surface area contributed by atoms with Crippen molar-refractivity contribution in [2.45, 2.75) is 19.3 Å². The van der Waals surface area contributed by atoms with Crippen LogP contribution in [0.4, 0.5) is 0 Å². The Morgan fingerprint density at radius 3 is 2.53 bits per heavy atom. The summed E-state index contributed by atoms with van der Waals surface area (Å²) in [6, 6.07) is 7.59. The Labute approximate surface area is 106 Å². The average Bonchev–Trinajstić information content (AvgIpc) is 3.12. The zero-order chi connectivity index (χ0) is 12.3. The van der Waals surface area contributed by atoms with Crippen LogP contribution in [0.1, 0.15) is 18.4 Å². The summed E-state index contributed by atoms with van der Waals surface area (Å²) < 4.78 is 0. The first-order chi connectivity index (χ1) is 8.16. The lowest BCUT2D eigenvalue weighted by Crippen LogP contribution is -2.35. The monoisotopic (exact) mass is 253 g/mol. The van der Waals surface area contributed by atoms with Crippen molar-refractivity contribution in [3.8, 4) is 0 Å². The van der Waals surface area contributed by atoms with Crippen LogP contribution >= 0.6 is 11.6 Å². The number of hydrogen-bond donors (Lipinski definition) is 2. The van der Waals surface area contributed by atoms with Crippen LogP contribution in [0.5, 0.6) is 0 Å². The van der Waals surface area contributed by atoms with E-state index in [1.807, 2.05) is 24.3 Å². The summed E-state index contributed by atoms with van der Waals surface area (Å²) in [6.07, 6.45) is 2.39. The van der Waals surface area contributed by atoms with Crippen molar-refractivity contribution in [3.05, 3.63) is 34.9 Å². The Morgan fingerprint density at radius 2 is 2.00 bits per heavy atom. The van der Waals surface area contributed by atoms with Gasteiger partial charge in [0.1, 0.15) is 0 Å². The van der Waals surface area contributed by atoms with Gasteiger partial charge in [-0.2, -0.15) is 0 Å². The van der Waals surface area contributed by atoms with E-state index in [2.05, 4.69) is 5.32 Å². The molecule has 0 heterocycles. The van der Waals surface area contributed by atoms with Gasteiger partial charge in [0, 0.05) is 11.6 Å². The second-order valence-corrected chi connectivity index (χ2v) is 5.01. The fraction of sp³-hybridized carbons (Fsp3) is 0.462. The van der Waals surface area contributed by atoms with Crippen molar-refractivity contribution in [2.75, 3.05) is 13.2 Å². The third-order valence-corrected chi connectivity index (χ3v) is 3.50. The number of amides is 1. The van der Waals surface area contributed by atoms with Crippen molar-refractivity contribution >= 4 is 17.5 Å². The van der Waals surface area contributed by atoms with E-state index in [0.29, 0.717) is 6.54 Å². The minimum atomic E-state index is -0.472. The number of carbonyl (C=O) groups is 1. The third-order valence-electron chi connectivity index (χ3n) is 3.25. The van der Waals surface area contributed by atoms with Crippen LogP contribution in [0, 0.1) is 5.41 Å². The highest BCUT2D eigenvalue weighted by Gasteiger charge is 2.49. The van der Waals surface area contributed by atoms with Crippen LogP contribution < -0.4 is 5.32 Å². The Bertz CT molecular complexity index is 398. The summed E-state index contributed by atoms with van der Waals surface area (Å²) >= 11 is 5.79.